The molecule has 1 aliphatic carbocycles. The third-order valence-corrected chi connectivity index (χ3v) is 6.07. The first-order valence-electron chi connectivity index (χ1n) is 10.2. The molecule has 1 aliphatic heterocycles. The van der Waals surface area contributed by atoms with Crippen LogP contribution >= 0.6 is 0 Å². The van der Waals surface area contributed by atoms with E-state index in [-0.39, 0.29) is 0 Å². The van der Waals surface area contributed by atoms with E-state index in [9.17, 15) is 10.4 Å². The molecule has 6 nitrogen and oxygen atoms in total. The van der Waals surface area contributed by atoms with Crippen molar-refractivity contribution in [1.82, 2.24) is 5.06 Å². The minimum atomic E-state index is -1.19. The first-order valence-corrected chi connectivity index (χ1v) is 10.2. The summed E-state index contributed by atoms with van der Waals surface area (Å²) in [6.45, 7) is 5.79. The SMILES string of the molecule is Cc1ccc(C2=[N+]([O-])[C@@]3(CCCC/C3=N/Nc3ccccc3)N(O)C2(C)C)cc1. The third kappa shape index (κ3) is 3.12. The van der Waals surface area contributed by atoms with Crippen LogP contribution in [-0.2, 0) is 0 Å². The van der Waals surface area contributed by atoms with E-state index in [0.717, 1.165) is 34.4 Å². The molecule has 1 saturated carbocycles. The summed E-state index contributed by atoms with van der Waals surface area (Å²) in [5, 5.41) is 30.9. The van der Waals surface area contributed by atoms with E-state index in [2.05, 4.69) is 10.5 Å². The first-order chi connectivity index (χ1) is 13.9. The Morgan fingerprint density at radius 1 is 1.07 bits per heavy atom. The van der Waals surface area contributed by atoms with Crippen molar-refractivity contribution in [3.05, 3.63) is 70.9 Å². The van der Waals surface area contributed by atoms with Crippen LogP contribution in [0.2, 0.25) is 0 Å². The maximum atomic E-state index is 13.8. The van der Waals surface area contributed by atoms with Crippen LogP contribution in [0.15, 0.2) is 59.7 Å². The largest absolute Gasteiger partial charge is 0.622 e. The molecule has 1 spiro atoms. The number of hydrogen-bond acceptors (Lipinski definition) is 5. The molecule has 0 radical (unpaired) electrons. The normalized spacial score (nSPS) is 25.7. The van der Waals surface area contributed by atoms with Crippen molar-refractivity contribution in [3.8, 4) is 0 Å². The predicted octanol–water partition coefficient (Wildman–Crippen LogP) is 4.52. The van der Waals surface area contributed by atoms with Gasteiger partial charge >= 0.3 is 0 Å². The van der Waals surface area contributed by atoms with Gasteiger partial charge in [0.25, 0.3) is 5.66 Å². The zero-order chi connectivity index (χ0) is 20.6. The lowest BCUT2D eigenvalue weighted by Crippen LogP contribution is -2.61. The maximum absolute atomic E-state index is 13.8. The van der Waals surface area contributed by atoms with Crippen LogP contribution in [-0.4, -0.2) is 37.6 Å². The lowest BCUT2D eigenvalue weighted by atomic mass is 9.86. The molecule has 0 bridgehead atoms. The Bertz CT molecular complexity index is 951. The van der Waals surface area contributed by atoms with Crippen LogP contribution in [0.4, 0.5) is 5.69 Å². The monoisotopic (exact) mass is 392 g/mol. The number of nitrogens with one attached hydrogen (secondary N) is 1. The lowest BCUT2D eigenvalue weighted by molar-refractivity contribution is -0.568. The van der Waals surface area contributed by atoms with Gasteiger partial charge < -0.3 is 10.4 Å². The molecule has 29 heavy (non-hydrogen) atoms. The van der Waals surface area contributed by atoms with Crippen LogP contribution in [0.5, 0.6) is 0 Å². The van der Waals surface area contributed by atoms with Gasteiger partial charge in [0.15, 0.2) is 0 Å². The van der Waals surface area contributed by atoms with Crippen molar-refractivity contribution in [1.29, 1.82) is 0 Å². The minimum absolute atomic E-state index is 0.529. The smallest absolute Gasteiger partial charge is 0.292 e. The van der Waals surface area contributed by atoms with E-state index in [1.807, 2.05) is 75.4 Å². The molecule has 152 valence electrons. The number of anilines is 1. The number of para-hydroxylation sites is 1. The zero-order valence-corrected chi connectivity index (χ0v) is 17.2. The van der Waals surface area contributed by atoms with E-state index >= 15 is 0 Å². The van der Waals surface area contributed by atoms with Crippen molar-refractivity contribution in [2.24, 2.45) is 5.10 Å². The average molecular weight is 393 g/mol. The molecule has 1 heterocycles. The first kappa shape index (κ1) is 19.6. The van der Waals surface area contributed by atoms with E-state index in [1.165, 1.54) is 5.06 Å². The van der Waals surface area contributed by atoms with E-state index in [0.29, 0.717) is 24.3 Å². The Hall–Kier alpha value is -2.70. The second kappa shape index (κ2) is 7.28. The molecular weight excluding hydrogens is 364 g/mol. The summed E-state index contributed by atoms with van der Waals surface area (Å²) < 4.78 is 1.00. The summed E-state index contributed by atoms with van der Waals surface area (Å²) in [5.41, 5.74) is 5.07. The van der Waals surface area contributed by atoms with Crippen molar-refractivity contribution >= 4 is 17.1 Å². The minimum Gasteiger partial charge on any atom is -0.622 e. The number of hydrazone groups is 1. The highest BCUT2D eigenvalue weighted by molar-refractivity contribution is 6.07. The molecule has 0 aromatic heterocycles. The molecule has 2 N–H and O–H groups in total. The van der Waals surface area contributed by atoms with Gasteiger partial charge in [-0.2, -0.15) is 9.84 Å². The fourth-order valence-corrected chi connectivity index (χ4v) is 4.51. The van der Waals surface area contributed by atoms with E-state index in [1.54, 1.807) is 0 Å². The Morgan fingerprint density at radius 3 is 2.45 bits per heavy atom. The van der Waals surface area contributed by atoms with Crippen molar-refractivity contribution < 1.29 is 9.95 Å². The van der Waals surface area contributed by atoms with Gasteiger partial charge in [-0.25, -0.2) is 0 Å². The fourth-order valence-electron chi connectivity index (χ4n) is 4.51. The van der Waals surface area contributed by atoms with Gasteiger partial charge in [-0.1, -0.05) is 35.9 Å². The third-order valence-electron chi connectivity index (χ3n) is 6.07. The van der Waals surface area contributed by atoms with Gasteiger partial charge in [0.2, 0.25) is 5.71 Å². The Kier molecular flexibility index (Phi) is 4.92. The summed E-state index contributed by atoms with van der Waals surface area (Å²) in [6, 6.07) is 17.5. The summed E-state index contributed by atoms with van der Waals surface area (Å²) in [4.78, 5) is 0. The molecule has 0 amide bonds. The van der Waals surface area contributed by atoms with Crippen LogP contribution in [0.3, 0.4) is 0 Å². The molecule has 0 unspecified atom stereocenters. The van der Waals surface area contributed by atoms with Crippen LogP contribution < -0.4 is 5.43 Å². The molecule has 0 saturated heterocycles. The number of aryl methyl sites for hydroxylation is 1. The second-order valence-corrected chi connectivity index (χ2v) is 8.44. The molecule has 6 heteroatoms. The number of hydrogen-bond donors (Lipinski definition) is 2. The quantitative estimate of drug-likeness (QED) is 0.458. The topological polar surface area (TPSA) is 73.9 Å². The van der Waals surface area contributed by atoms with Gasteiger partial charge in [-0.3, -0.25) is 5.43 Å². The van der Waals surface area contributed by atoms with Crippen molar-refractivity contribution in [3.63, 3.8) is 0 Å². The molecule has 2 aromatic carbocycles. The summed E-state index contributed by atoms with van der Waals surface area (Å²) >= 11 is 0. The van der Waals surface area contributed by atoms with Gasteiger partial charge in [0.05, 0.1) is 5.69 Å². The molecular formula is C23H28N4O2. The summed E-state index contributed by atoms with van der Waals surface area (Å²) in [7, 11) is 0. The zero-order valence-electron chi connectivity index (χ0n) is 17.2. The highest BCUT2D eigenvalue weighted by atomic mass is 16.6. The number of hydroxylamine groups is 3. The molecule has 4 rings (SSSR count). The van der Waals surface area contributed by atoms with Crippen molar-refractivity contribution in [2.75, 3.05) is 5.43 Å². The van der Waals surface area contributed by atoms with Gasteiger partial charge in [0, 0.05) is 12.0 Å². The van der Waals surface area contributed by atoms with E-state index in [4.69, 9.17) is 0 Å². The Balaban J connectivity index is 1.81. The van der Waals surface area contributed by atoms with Gasteiger partial charge in [-0.15, -0.1) is 5.06 Å². The summed E-state index contributed by atoms with van der Waals surface area (Å²) in [6.07, 6.45) is 2.99. The number of benzene rings is 2. The standard InChI is InChI=1S/C23H28N4O2/c1-17-12-14-18(15-13-17)21-22(2,3)27(29)23(26(21)28)16-8-7-11-20(23)25-24-19-9-5-4-6-10-19/h4-6,9-10,12-15,24,29H,7-8,11,16H2,1-3H3/b25-20-/t23-/m0/s1. The summed E-state index contributed by atoms with van der Waals surface area (Å²) in [5.74, 6) is 0. The fraction of sp³-hybridized carbons (Fsp3) is 0.391. The van der Waals surface area contributed by atoms with Crippen molar-refractivity contribution in [2.45, 2.75) is 57.7 Å². The second-order valence-electron chi connectivity index (χ2n) is 8.44. The van der Waals surface area contributed by atoms with Crippen LogP contribution in [0.25, 0.3) is 0 Å². The highest BCUT2D eigenvalue weighted by Gasteiger charge is 2.65. The Labute approximate surface area is 171 Å². The lowest BCUT2D eigenvalue weighted by Gasteiger charge is -2.38. The maximum Gasteiger partial charge on any atom is 0.292 e. The molecule has 1 atom stereocenters. The molecule has 2 aliphatic rings. The van der Waals surface area contributed by atoms with Gasteiger partial charge in [0.1, 0.15) is 11.3 Å². The van der Waals surface area contributed by atoms with Gasteiger partial charge in [-0.05, 0) is 64.3 Å². The highest BCUT2D eigenvalue weighted by Crippen LogP contribution is 2.42. The average Bonchev–Trinajstić information content (AvgIpc) is 2.87. The number of rotatable bonds is 3. The number of nitrogens with zero attached hydrogens (tertiary/aromatic N) is 3. The molecule has 2 aromatic rings. The van der Waals surface area contributed by atoms with Crippen LogP contribution in [0, 0.1) is 12.1 Å². The Morgan fingerprint density at radius 2 is 1.76 bits per heavy atom. The molecule has 1 fully saturated rings. The van der Waals surface area contributed by atoms with E-state index < -0.39 is 11.2 Å². The predicted molar refractivity (Wildman–Crippen MR) is 115 cm³/mol. The van der Waals surface area contributed by atoms with Crippen LogP contribution in [0.1, 0.15) is 50.7 Å².